The maximum Gasteiger partial charge on any atom is 0.0837 e. The van der Waals surface area contributed by atoms with Gasteiger partial charge in [0.05, 0.1) is 6.10 Å². The van der Waals surface area contributed by atoms with Gasteiger partial charge in [-0.2, -0.15) is 0 Å². The third-order valence-corrected chi connectivity index (χ3v) is 3.80. The second kappa shape index (κ2) is 6.74. The molecule has 17 heavy (non-hydrogen) atoms. The third kappa shape index (κ3) is 4.25. The Kier molecular flexibility index (Phi) is 5.29. The SMILES string of the molecule is ClC[C@@H]1CN(Cc2ccc(Br)cc2)CCCO1. The van der Waals surface area contributed by atoms with Crippen molar-refractivity contribution in [3.8, 4) is 0 Å². The number of hydrogen-bond acceptors (Lipinski definition) is 2. The van der Waals surface area contributed by atoms with Crippen LogP contribution in [0.15, 0.2) is 28.7 Å². The Morgan fingerprint density at radius 1 is 1.35 bits per heavy atom. The van der Waals surface area contributed by atoms with Crippen LogP contribution in [0.3, 0.4) is 0 Å². The number of benzene rings is 1. The first-order valence-electron chi connectivity index (χ1n) is 5.92. The predicted octanol–water partition coefficient (Wildman–Crippen LogP) is 3.28. The van der Waals surface area contributed by atoms with E-state index in [0.29, 0.717) is 5.88 Å². The van der Waals surface area contributed by atoms with E-state index in [4.69, 9.17) is 16.3 Å². The van der Waals surface area contributed by atoms with E-state index in [-0.39, 0.29) is 6.10 Å². The summed E-state index contributed by atoms with van der Waals surface area (Å²) >= 11 is 9.34. The van der Waals surface area contributed by atoms with Gasteiger partial charge < -0.3 is 4.74 Å². The normalized spacial score (nSPS) is 22.4. The van der Waals surface area contributed by atoms with Gasteiger partial charge in [0.25, 0.3) is 0 Å². The zero-order valence-corrected chi connectivity index (χ0v) is 12.1. The highest BCUT2D eigenvalue weighted by atomic mass is 79.9. The largest absolute Gasteiger partial charge is 0.376 e. The van der Waals surface area contributed by atoms with E-state index in [1.54, 1.807) is 0 Å². The quantitative estimate of drug-likeness (QED) is 0.793. The molecule has 1 aromatic carbocycles. The Morgan fingerprint density at radius 3 is 2.82 bits per heavy atom. The van der Waals surface area contributed by atoms with Crippen LogP contribution in [-0.4, -0.2) is 36.6 Å². The molecule has 1 saturated heterocycles. The molecule has 1 fully saturated rings. The molecule has 2 rings (SSSR count). The van der Waals surface area contributed by atoms with Crippen LogP contribution in [0.25, 0.3) is 0 Å². The molecule has 0 N–H and O–H groups in total. The summed E-state index contributed by atoms with van der Waals surface area (Å²) in [4.78, 5) is 2.42. The number of alkyl halides is 1. The summed E-state index contributed by atoms with van der Waals surface area (Å²) in [5.41, 5.74) is 1.34. The molecule has 1 aliphatic heterocycles. The van der Waals surface area contributed by atoms with Crippen molar-refractivity contribution in [1.29, 1.82) is 0 Å². The van der Waals surface area contributed by atoms with Crippen molar-refractivity contribution in [2.45, 2.75) is 19.1 Å². The molecule has 0 bridgehead atoms. The van der Waals surface area contributed by atoms with E-state index >= 15 is 0 Å². The van der Waals surface area contributed by atoms with Gasteiger partial charge in [-0.15, -0.1) is 11.6 Å². The van der Waals surface area contributed by atoms with Crippen molar-refractivity contribution in [1.82, 2.24) is 4.90 Å². The lowest BCUT2D eigenvalue weighted by atomic mass is 10.2. The van der Waals surface area contributed by atoms with Crippen LogP contribution >= 0.6 is 27.5 Å². The van der Waals surface area contributed by atoms with Gasteiger partial charge in [-0.1, -0.05) is 28.1 Å². The smallest absolute Gasteiger partial charge is 0.0837 e. The second-order valence-electron chi connectivity index (χ2n) is 4.36. The van der Waals surface area contributed by atoms with Gasteiger partial charge in [-0.3, -0.25) is 4.90 Å². The highest BCUT2D eigenvalue weighted by molar-refractivity contribution is 9.10. The summed E-state index contributed by atoms with van der Waals surface area (Å²) in [6.07, 6.45) is 1.26. The minimum atomic E-state index is 0.176. The van der Waals surface area contributed by atoms with E-state index in [2.05, 4.69) is 45.1 Å². The molecule has 0 saturated carbocycles. The first-order chi connectivity index (χ1) is 8.28. The summed E-state index contributed by atoms with van der Waals surface area (Å²) in [5.74, 6) is 0.580. The van der Waals surface area contributed by atoms with Crippen molar-refractivity contribution in [3.63, 3.8) is 0 Å². The number of rotatable bonds is 3. The maximum atomic E-state index is 5.88. The van der Waals surface area contributed by atoms with Crippen molar-refractivity contribution in [3.05, 3.63) is 34.3 Å². The maximum absolute atomic E-state index is 5.88. The average molecular weight is 319 g/mol. The standard InChI is InChI=1S/C13H17BrClNO/c14-12-4-2-11(3-5-12)9-16-6-1-7-17-13(8-15)10-16/h2-5,13H,1,6-10H2/t13-/m1/s1. The van der Waals surface area contributed by atoms with Crippen LogP contribution in [0, 0.1) is 0 Å². The molecule has 0 amide bonds. The lowest BCUT2D eigenvalue weighted by Crippen LogP contribution is -2.32. The summed E-state index contributed by atoms with van der Waals surface area (Å²) in [7, 11) is 0. The van der Waals surface area contributed by atoms with Crippen LogP contribution in [0.1, 0.15) is 12.0 Å². The van der Waals surface area contributed by atoms with Gasteiger partial charge >= 0.3 is 0 Å². The third-order valence-electron chi connectivity index (χ3n) is 2.93. The summed E-state index contributed by atoms with van der Waals surface area (Å²) in [6.45, 7) is 3.82. The minimum absolute atomic E-state index is 0.176. The fraction of sp³-hybridized carbons (Fsp3) is 0.538. The van der Waals surface area contributed by atoms with E-state index in [1.807, 2.05) is 0 Å². The van der Waals surface area contributed by atoms with Gasteiger partial charge in [0, 0.05) is 36.6 Å². The summed E-state index contributed by atoms with van der Waals surface area (Å²) in [5, 5.41) is 0. The monoisotopic (exact) mass is 317 g/mol. The number of halogens is 2. The fourth-order valence-corrected chi connectivity index (χ4v) is 2.51. The lowest BCUT2D eigenvalue weighted by molar-refractivity contribution is 0.0691. The Balaban J connectivity index is 1.94. The molecule has 1 aliphatic rings. The summed E-state index contributed by atoms with van der Waals surface area (Å²) in [6, 6.07) is 8.49. The topological polar surface area (TPSA) is 12.5 Å². The Labute approximate surface area is 116 Å². The van der Waals surface area contributed by atoms with Gasteiger partial charge in [0.15, 0.2) is 0 Å². The zero-order valence-electron chi connectivity index (χ0n) is 9.74. The predicted molar refractivity (Wildman–Crippen MR) is 74.5 cm³/mol. The van der Waals surface area contributed by atoms with E-state index in [9.17, 15) is 0 Å². The molecule has 0 aromatic heterocycles. The first kappa shape index (κ1) is 13.3. The highest BCUT2D eigenvalue weighted by Crippen LogP contribution is 2.14. The van der Waals surface area contributed by atoms with Gasteiger partial charge in [0.1, 0.15) is 0 Å². The molecule has 1 heterocycles. The molecule has 94 valence electrons. The molecule has 2 nitrogen and oxygen atoms in total. The molecule has 1 aromatic rings. The first-order valence-corrected chi connectivity index (χ1v) is 7.25. The molecule has 0 aliphatic carbocycles. The minimum Gasteiger partial charge on any atom is -0.376 e. The van der Waals surface area contributed by atoms with Crippen molar-refractivity contribution >= 4 is 27.5 Å². The molecular weight excluding hydrogens is 302 g/mol. The fourth-order valence-electron chi connectivity index (χ4n) is 2.06. The molecule has 0 radical (unpaired) electrons. The average Bonchev–Trinajstić information content (AvgIpc) is 2.57. The van der Waals surface area contributed by atoms with Crippen LogP contribution in [-0.2, 0) is 11.3 Å². The van der Waals surface area contributed by atoms with Crippen molar-refractivity contribution in [2.24, 2.45) is 0 Å². The van der Waals surface area contributed by atoms with Crippen molar-refractivity contribution in [2.75, 3.05) is 25.6 Å². The van der Waals surface area contributed by atoms with Crippen LogP contribution in [0.2, 0.25) is 0 Å². The van der Waals surface area contributed by atoms with E-state index in [1.165, 1.54) is 5.56 Å². The van der Waals surface area contributed by atoms with Gasteiger partial charge in [0.2, 0.25) is 0 Å². The molecule has 1 atom stereocenters. The van der Waals surface area contributed by atoms with Crippen molar-refractivity contribution < 1.29 is 4.74 Å². The van der Waals surface area contributed by atoms with Crippen LogP contribution in [0.5, 0.6) is 0 Å². The van der Waals surface area contributed by atoms with E-state index in [0.717, 1.165) is 37.1 Å². The lowest BCUT2D eigenvalue weighted by Gasteiger charge is -2.22. The number of ether oxygens (including phenoxy) is 1. The Hall–Kier alpha value is -0.0900. The summed E-state index contributed by atoms with van der Waals surface area (Å²) < 4.78 is 6.78. The number of hydrogen-bond donors (Lipinski definition) is 0. The molecule has 0 unspecified atom stereocenters. The Morgan fingerprint density at radius 2 is 2.12 bits per heavy atom. The van der Waals surface area contributed by atoms with Crippen LogP contribution < -0.4 is 0 Å². The molecule has 4 heteroatoms. The van der Waals surface area contributed by atoms with Gasteiger partial charge in [-0.05, 0) is 24.1 Å². The van der Waals surface area contributed by atoms with E-state index < -0.39 is 0 Å². The Bertz CT molecular complexity index is 344. The van der Waals surface area contributed by atoms with Gasteiger partial charge in [-0.25, -0.2) is 0 Å². The number of nitrogens with zero attached hydrogens (tertiary/aromatic N) is 1. The second-order valence-corrected chi connectivity index (χ2v) is 5.59. The van der Waals surface area contributed by atoms with Crippen LogP contribution in [0.4, 0.5) is 0 Å². The molecular formula is C13H17BrClNO. The zero-order chi connectivity index (χ0) is 12.1. The molecule has 0 spiro atoms. The highest BCUT2D eigenvalue weighted by Gasteiger charge is 2.17.